The maximum Gasteiger partial charge on any atom is 0.336 e. The lowest BCUT2D eigenvalue weighted by molar-refractivity contribution is -0.142. The van der Waals surface area contributed by atoms with E-state index in [2.05, 4.69) is 0 Å². The molecule has 0 bridgehead atoms. The fourth-order valence-electron chi connectivity index (χ4n) is 2.90. The first-order valence-corrected chi connectivity index (χ1v) is 8.33. The lowest BCUT2D eigenvalue weighted by Gasteiger charge is -2.17. The third kappa shape index (κ3) is 3.73. The van der Waals surface area contributed by atoms with Crippen LogP contribution < -0.4 is 10.4 Å². The second-order valence-corrected chi connectivity index (χ2v) is 6.23. The van der Waals surface area contributed by atoms with Gasteiger partial charge in [-0.25, -0.2) is 4.79 Å². The monoisotopic (exact) mass is 372 g/mol. The molecule has 0 saturated carbocycles. The minimum absolute atomic E-state index is 0.358. The average Bonchev–Trinajstić information content (AvgIpc) is 2.65. The summed E-state index contributed by atoms with van der Waals surface area (Å²) in [5, 5.41) is 1.27. The van der Waals surface area contributed by atoms with Gasteiger partial charge in [0.15, 0.2) is 0 Å². The number of hydrogen-bond acceptors (Lipinski definition) is 5. The Labute approximate surface area is 155 Å². The number of carbonyl (C=O) groups is 1. The van der Waals surface area contributed by atoms with Gasteiger partial charge in [-0.2, -0.15) is 0 Å². The van der Waals surface area contributed by atoms with E-state index in [-0.39, 0.29) is 0 Å². The number of rotatable bonds is 5. The van der Waals surface area contributed by atoms with Gasteiger partial charge in [0, 0.05) is 22.5 Å². The van der Waals surface area contributed by atoms with Crippen LogP contribution in [-0.4, -0.2) is 20.2 Å². The first-order valence-electron chi connectivity index (χ1n) is 7.96. The topological polar surface area (TPSA) is 65.7 Å². The number of methoxy groups -OCH3 is 2. The van der Waals surface area contributed by atoms with Gasteiger partial charge in [0.1, 0.15) is 11.3 Å². The summed E-state index contributed by atoms with van der Waals surface area (Å²) < 4.78 is 15.4. The van der Waals surface area contributed by atoms with Crippen LogP contribution in [0.4, 0.5) is 0 Å². The van der Waals surface area contributed by atoms with Crippen LogP contribution in [0.15, 0.2) is 57.7 Å². The quantitative estimate of drug-likeness (QED) is 0.501. The van der Waals surface area contributed by atoms with Gasteiger partial charge in [0.2, 0.25) is 0 Å². The van der Waals surface area contributed by atoms with Crippen molar-refractivity contribution >= 4 is 28.5 Å². The summed E-state index contributed by atoms with van der Waals surface area (Å²) >= 11 is 5.93. The largest absolute Gasteiger partial charge is 0.497 e. The van der Waals surface area contributed by atoms with Crippen LogP contribution in [0.3, 0.4) is 0 Å². The molecule has 0 fully saturated rings. The lowest BCUT2D eigenvalue weighted by atomic mass is 9.90. The van der Waals surface area contributed by atoms with Crippen molar-refractivity contribution in [2.45, 2.75) is 12.3 Å². The highest BCUT2D eigenvalue weighted by Crippen LogP contribution is 2.30. The molecule has 0 saturated heterocycles. The van der Waals surface area contributed by atoms with Crippen LogP contribution >= 0.6 is 11.6 Å². The van der Waals surface area contributed by atoms with E-state index in [0.717, 1.165) is 5.56 Å². The van der Waals surface area contributed by atoms with Crippen molar-refractivity contribution in [2.75, 3.05) is 14.2 Å². The highest BCUT2D eigenvalue weighted by atomic mass is 35.5. The second-order valence-electron chi connectivity index (χ2n) is 5.79. The summed E-state index contributed by atoms with van der Waals surface area (Å²) in [4.78, 5) is 24.5. The number of hydrogen-bond donors (Lipinski definition) is 0. The van der Waals surface area contributed by atoms with Crippen molar-refractivity contribution in [1.29, 1.82) is 0 Å². The van der Waals surface area contributed by atoms with Crippen LogP contribution in [0.1, 0.15) is 17.0 Å². The smallest absolute Gasteiger partial charge is 0.336 e. The fraction of sp³-hybridized carbons (Fsp3) is 0.200. The van der Waals surface area contributed by atoms with Gasteiger partial charge in [0.25, 0.3) is 0 Å². The van der Waals surface area contributed by atoms with Gasteiger partial charge in [0.05, 0.1) is 20.1 Å². The van der Waals surface area contributed by atoms with Gasteiger partial charge >= 0.3 is 11.6 Å². The van der Waals surface area contributed by atoms with Crippen molar-refractivity contribution in [3.05, 3.63) is 75.1 Å². The number of benzene rings is 2. The van der Waals surface area contributed by atoms with E-state index in [1.807, 2.05) is 12.1 Å². The SMILES string of the molecule is COC(=O)[C@@H](Cc1ccc(Cl)cc1)c1cc(=O)oc2cc(OC)ccc12. The van der Waals surface area contributed by atoms with E-state index >= 15 is 0 Å². The zero-order chi connectivity index (χ0) is 18.7. The van der Waals surface area contributed by atoms with Crippen LogP contribution in [0.5, 0.6) is 5.75 Å². The van der Waals surface area contributed by atoms with Gasteiger partial charge in [-0.05, 0) is 41.8 Å². The summed E-state index contributed by atoms with van der Waals surface area (Å²) in [6.45, 7) is 0. The predicted molar refractivity (Wildman–Crippen MR) is 98.9 cm³/mol. The molecular formula is C20H17ClO5. The Hall–Kier alpha value is -2.79. The van der Waals surface area contributed by atoms with Crippen molar-refractivity contribution in [3.8, 4) is 5.75 Å². The number of carbonyl (C=O) groups excluding carboxylic acids is 1. The van der Waals surface area contributed by atoms with Crippen LogP contribution in [0.25, 0.3) is 11.0 Å². The normalized spacial score (nSPS) is 12.0. The lowest BCUT2D eigenvalue weighted by Crippen LogP contribution is -2.19. The molecule has 0 amide bonds. The summed E-state index contributed by atoms with van der Waals surface area (Å²) in [5.41, 5.74) is 1.28. The van der Waals surface area contributed by atoms with Crippen LogP contribution in [0.2, 0.25) is 5.02 Å². The van der Waals surface area contributed by atoms with Crippen molar-refractivity contribution in [1.82, 2.24) is 0 Å². The molecule has 1 aromatic heterocycles. The van der Waals surface area contributed by atoms with E-state index in [4.69, 9.17) is 25.5 Å². The highest BCUT2D eigenvalue weighted by Gasteiger charge is 2.25. The first kappa shape index (κ1) is 18.0. The number of esters is 1. The molecule has 6 heteroatoms. The molecule has 0 aliphatic heterocycles. The molecule has 1 atom stereocenters. The minimum Gasteiger partial charge on any atom is -0.497 e. The van der Waals surface area contributed by atoms with Crippen LogP contribution in [-0.2, 0) is 16.0 Å². The Morgan fingerprint density at radius 1 is 1.12 bits per heavy atom. The van der Waals surface area contributed by atoms with Crippen molar-refractivity contribution in [3.63, 3.8) is 0 Å². The molecule has 2 aromatic carbocycles. The molecule has 26 heavy (non-hydrogen) atoms. The molecular weight excluding hydrogens is 356 g/mol. The number of ether oxygens (including phenoxy) is 2. The molecule has 1 heterocycles. The van der Waals surface area contributed by atoms with Gasteiger partial charge in [-0.1, -0.05) is 23.7 Å². The van der Waals surface area contributed by atoms with E-state index < -0.39 is 17.5 Å². The standard InChI is InChI=1S/C20H17ClO5/c1-24-14-7-8-15-16(11-19(22)26-18(15)10-14)17(20(23)25-2)9-12-3-5-13(21)6-4-12/h3-8,10-11,17H,9H2,1-2H3/t17-/m0/s1. The highest BCUT2D eigenvalue weighted by molar-refractivity contribution is 6.30. The number of halogens is 1. The van der Waals surface area contributed by atoms with Crippen molar-refractivity contribution < 1.29 is 18.7 Å². The summed E-state index contributed by atoms with van der Waals surface area (Å²) in [5.74, 6) is -0.519. The van der Waals surface area contributed by atoms with Gasteiger partial charge < -0.3 is 13.9 Å². The van der Waals surface area contributed by atoms with Gasteiger partial charge in [-0.15, -0.1) is 0 Å². The summed E-state index contributed by atoms with van der Waals surface area (Å²) in [7, 11) is 2.86. The molecule has 0 N–H and O–H groups in total. The molecule has 0 unspecified atom stereocenters. The molecule has 0 aliphatic rings. The maximum atomic E-state index is 12.5. The third-order valence-electron chi connectivity index (χ3n) is 4.20. The zero-order valence-electron chi connectivity index (χ0n) is 14.3. The molecule has 0 aliphatic carbocycles. The Morgan fingerprint density at radius 3 is 2.50 bits per heavy atom. The Balaban J connectivity index is 2.12. The Bertz CT molecular complexity index is 991. The van der Waals surface area contributed by atoms with E-state index in [1.165, 1.54) is 20.3 Å². The van der Waals surface area contributed by atoms with E-state index in [0.29, 0.717) is 33.7 Å². The maximum absolute atomic E-state index is 12.5. The van der Waals surface area contributed by atoms with Gasteiger partial charge in [-0.3, -0.25) is 4.79 Å². The second kappa shape index (κ2) is 7.62. The third-order valence-corrected chi connectivity index (χ3v) is 4.45. The molecule has 5 nitrogen and oxygen atoms in total. The summed E-state index contributed by atoms with van der Waals surface area (Å²) in [6, 6.07) is 13.7. The van der Waals surface area contributed by atoms with E-state index in [1.54, 1.807) is 30.3 Å². The van der Waals surface area contributed by atoms with Crippen molar-refractivity contribution in [2.24, 2.45) is 0 Å². The summed E-state index contributed by atoms with van der Waals surface area (Å²) in [6.07, 6.45) is 0.369. The molecule has 3 rings (SSSR count). The Morgan fingerprint density at radius 2 is 1.85 bits per heavy atom. The zero-order valence-corrected chi connectivity index (χ0v) is 15.1. The van der Waals surface area contributed by atoms with E-state index in [9.17, 15) is 9.59 Å². The minimum atomic E-state index is -0.652. The predicted octanol–water partition coefficient (Wildman–Crippen LogP) is 3.95. The molecule has 0 radical (unpaired) electrons. The molecule has 134 valence electrons. The molecule has 3 aromatic rings. The number of fused-ring (bicyclic) bond motifs is 1. The Kier molecular flexibility index (Phi) is 5.28. The first-order chi connectivity index (χ1) is 12.5. The fourth-order valence-corrected chi connectivity index (χ4v) is 3.03. The molecule has 0 spiro atoms. The van der Waals surface area contributed by atoms with Crippen LogP contribution in [0, 0.1) is 0 Å². The average molecular weight is 373 g/mol.